The van der Waals surface area contributed by atoms with Crippen LogP contribution in [0, 0.1) is 0 Å². The smallest absolute Gasteiger partial charge is 0.793 e. The van der Waals surface area contributed by atoms with Crippen LogP contribution in [-0.4, -0.2) is 102 Å². The minimum atomic E-state index is -3.31. The molecule has 0 radical (unpaired) electrons. The minimum Gasteiger partial charge on any atom is -0.793 e. The van der Waals surface area contributed by atoms with Gasteiger partial charge in [-0.25, -0.2) is 0 Å². The summed E-state index contributed by atoms with van der Waals surface area (Å²) in [4.78, 5) is 26.8. The van der Waals surface area contributed by atoms with E-state index in [9.17, 15) is 9.79 Å². The average Bonchev–Trinajstić information content (AvgIpc) is 1.90. The van der Waals surface area contributed by atoms with Crippen LogP contribution in [0.2, 0.25) is 0 Å². The van der Waals surface area contributed by atoms with Gasteiger partial charge in [0.25, 0.3) is 0 Å². The second kappa shape index (κ2) is 63.3. The van der Waals surface area contributed by atoms with E-state index in [1.807, 2.05) is 121 Å². The van der Waals surface area contributed by atoms with Crippen LogP contribution in [0.1, 0.15) is 233 Å². The monoisotopic (exact) mass is 1480 g/mol. The van der Waals surface area contributed by atoms with E-state index >= 15 is 0 Å². The Kier molecular flexibility index (Phi) is 59.6. The van der Waals surface area contributed by atoms with E-state index in [1.165, 1.54) is 164 Å². The van der Waals surface area contributed by atoms with E-state index in [0.717, 1.165) is 87.2 Å². The maximum atomic E-state index is 13.4. The summed E-state index contributed by atoms with van der Waals surface area (Å²) < 4.78 is 59.9. The molecule has 95 heavy (non-hydrogen) atoms. The predicted octanol–water partition coefficient (Wildman–Crippen LogP) is 21.1. The van der Waals surface area contributed by atoms with Gasteiger partial charge in [-0.05, 0) is 74.2 Å². The molecule has 0 saturated heterocycles. The second-order valence-electron chi connectivity index (χ2n) is 24.3. The Labute approximate surface area is 609 Å². The average molecular weight is 1490 g/mol. The van der Waals surface area contributed by atoms with Crippen LogP contribution in [-0.2, 0) is 71.1 Å². The zero-order chi connectivity index (χ0) is 67.4. The third kappa shape index (κ3) is 53.9. The zero-order valence-corrected chi connectivity index (χ0v) is 67.1. The third-order valence-electron chi connectivity index (χ3n) is 16.0. The maximum Gasteiger partial charge on any atom is 2.00 e. The van der Waals surface area contributed by atoms with Gasteiger partial charge in [-0.1, -0.05) is 304 Å². The van der Waals surface area contributed by atoms with Crippen molar-refractivity contribution in [2.24, 2.45) is 0 Å². The van der Waals surface area contributed by atoms with Gasteiger partial charge in [0.15, 0.2) is 0 Å². The first-order valence-corrected chi connectivity index (χ1v) is 44.9. The van der Waals surface area contributed by atoms with Crippen molar-refractivity contribution in [3.05, 3.63) is 121 Å². The molecule has 6 unspecified atom stereocenters. The fourth-order valence-electron chi connectivity index (χ4n) is 10.5. The van der Waals surface area contributed by atoms with Crippen molar-refractivity contribution in [1.29, 1.82) is 0 Å². The van der Waals surface area contributed by atoms with E-state index in [1.54, 1.807) is 0 Å². The van der Waals surface area contributed by atoms with Crippen LogP contribution >= 0.6 is 34.2 Å². The number of unbranched alkanes of at least 4 members (excludes halogenated alkanes) is 24. The third-order valence-corrected chi connectivity index (χ3v) is 24.5. The molecule has 19 heteroatoms. The molecule has 4 aromatic rings. The van der Waals surface area contributed by atoms with E-state index in [2.05, 4.69) is 27.7 Å². The molecule has 0 fully saturated rings. The Bertz CT molecular complexity index is 2050. The van der Waals surface area contributed by atoms with Crippen LogP contribution in [0.3, 0.4) is 0 Å². The summed E-state index contributed by atoms with van der Waals surface area (Å²) in [6.07, 6.45) is 37.6. The van der Waals surface area contributed by atoms with E-state index in [-0.39, 0.29) is 57.1 Å². The van der Waals surface area contributed by atoms with E-state index < -0.39 is 11.4 Å². The summed E-state index contributed by atoms with van der Waals surface area (Å²) in [5, 5.41) is 0. The second-order valence-corrected chi connectivity index (χ2v) is 36.5. The fraction of sp³-hybridized carbons (Fsp3) is 0.684. The van der Waals surface area contributed by atoms with Crippen LogP contribution < -0.4 is 28.7 Å². The van der Waals surface area contributed by atoms with Crippen LogP contribution in [0.15, 0.2) is 121 Å². The number of hydrogen-bond acceptors (Lipinski definition) is 16. The summed E-state index contributed by atoms with van der Waals surface area (Å²) in [5.41, 5.74) is -6.62. The molecule has 536 valence electrons. The van der Waals surface area contributed by atoms with Crippen molar-refractivity contribution in [2.45, 2.75) is 258 Å². The van der Waals surface area contributed by atoms with E-state index in [0.29, 0.717) is 64.4 Å². The van der Waals surface area contributed by atoms with Crippen molar-refractivity contribution in [3.63, 3.8) is 0 Å². The van der Waals surface area contributed by atoms with Crippen molar-refractivity contribution < 1.29 is 76.2 Å². The summed E-state index contributed by atoms with van der Waals surface area (Å²) >= 11 is 13.5. The number of ether oxygens (including phenoxy) is 8. The Morgan fingerprint density at radius 1 is 0.305 bits per heavy atom. The van der Waals surface area contributed by atoms with Crippen LogP contribution in [0.5, 0.6) is 23.0 Å². The normalized spacial score (nSPS) is 13.9. The zero-order valence-electron chi connectivity index (χ0n) is 59.1. The van der Waals surface area contributed by atoms with Gasteiger partial charge in [0.05, 0.1) is 64.1 Å². The molecule has 0 N–H and O–H groups in total. The number of hydrogen-bond donors (Lipinski definition) is 0. The number of para-hydroxylation sites is 4. The fourth-order valence-corrected chi connectivity index (χ4v) is 16.9. The van der Waals surface area contributed by atoms with Crippen molar-refractivity contribution in [1.82, 2.24) is 0 Å². The van der Waals surface area contributed by atoms with Gasteiger partial charge < -0.3 is 56.7 Å². The van der Waals surface area contributed by atoms with Gasteiger partial charge in [-0.3, -0.25) is 0 Å². The molecule has 0 bridgehead atoms. The molecule has 0 aromatic heterocycles. The van der Waals surface area contributed by atoms with Crippen LogP contribution in [0.4, 0.5) is 0 Å². The van der Waals surface area contributed by atoms with Crippen molar-refractivity contribution in [3.8, 4) is 23.0 Å². The largest absolute Gasteiger partial charge is 2.00 e. The van der Waals surface area contributed by atoms with Gasteiger partial charge in [-0.15, -0.1) is 22.8 Å². The number of benzene rings is 4. The molecule has 0 heterocycles. The predicted molar refractivity (Wildman–Crippen MR) is 403 cm³/mol. The molecule has 4 rings (SSSR count). The summed E-state index contributed by atoms with van der Waals surface area (Å²) in [5.74, 6) is 4.38. The number of rotatable bonds is 64. The summed E-state index contributed by atoms with van der Waals surface area (Å²) in [6, 6.07) is 39.0. The van der Waals surface area contributed by atoms with Gasteiger partial charge >= 0.3 is 19.5 Å². The van der Waals surface area contributed by atoms with Gasteiger partial charge in [0.1, 0.15) is 49.4 Å². The van der Waals surface area contributed by atoms with Gasteiger partial charge in [-0.2, -0.15) is 0 Å². The molecule has 12 nitrogen and oxygen atoms in total. The SMILES string of the molecule is CCCCCCCCCC(COP([O-])(=S)SCC(CCCCCCCCC)OCCOc1ccccc1)OCCOc1ccccc1.CCCCCCCCCC(COP([O-])(=S)SCC(CCCCCCCCC)OCCOc1ccccc1)OCCOc1ccccc1.[Zn+2]. The Balaban J connectivity index is 0.000000640. The molecule has 0 amide bonds. The Morgan fingerprint density at radius 2 is 0.516 bits per heavy atom. The van der Waals surface area contributed by atoms with Crippen LogP contribution in [0.25, 0.3) is 0 Å². The van der Waals surface area contributed by atoms with Crippen molar-refractivity contribution in [2.75, 3.05) is 77.6 Å². The molecule has 0 spiro atoms. The Morgan fingerprint density at radius 3 is 0.758 bits per heavy atom. The topological polar surface area (TPSA) is 138 Å². The van der Waals surface area contributed by atoms with E-state index in [4.69, 9.17) is 70.6 Å². The molecule has 6 atom stereocenters. The van der Waals surface area contributed by atoms with Crippen molar-refractivity contribution >= 4 is 57.8 Å². The van der Waals surface area contributed by atoms with Gasteiger partial charge in [0.2, 0.25) is 0 Å². The first-order chi connectivity index (χ1) is 46.0. The standard InChI is InChI=1S/2C38H63O6PS2.Zn/c2*1-3-5-7-9-11-13-17-27-37(42-31-29-40-35-23-19-15-20-24-35)33-44-45(39,46)47-34-38(28-18-14-12-10-8-6-4-2)43-32-30-41-36-25-21-16-22-26-36;/h2*15-16,19-26,37-38H,3-14,17-18,27-34H2,1-2H3,(H,39,46);/q;;+2/p-2. The molecule has 4 aromatic carbocycles. The molecule has 0 aliphatic rings. The quantitative estimate of drug-likeness (QED) is 0.0235. The molecule has 0 aliphatic heterocycles. The minimum absolute atomic E-state index is 0. The molecule has 0 saturated carbocycles. The Hall–Kier alpha value is -1.62. The molecular formula is C76H124O12P2S4Zn. The molecule has 0 aliphatic carbocycles. The first-order valence-electron chi connectivity index (χ1n) is 36.4. The maximum absolute atomic E-state index is 13.4. The molecular weight excluding hydrogens is 1360 g/mol. The summed E-state index contributed by atoms with van der Waals surface area (Å²) in [6.45, 7) is 13.1. The summed E-state index contributed by atoms with van der Waals surface area (Å²) in [7, 11) is 0. The first kappa shape index (κ1) is 89.5. The van der Waals surface area contributed by atoms with Gasteiger partial charge in [0, 0.05) is 22.9 Å².